The minimum atomic E-state index is -0.170. The second kappa shape index (κ2) is 6.67. The van der Waals surface area contributed by atoms with Gasteiger partial charge in [-0.25, -0.2) is 4.98 Å². The molecule has 0 radical (unpaired) electrons. The van der Waals surface area contributed by atoms with Gasteiger partial charge in [-0.05, 0) is 50.5 Å². The zero-order valence-corrected chi connectivity index (χ0v) is 16.2. The number of amides is 1. The van der Waals surface area contributed by atoms with Gasteiger partial charge in [0.2, 0.25) is 5.91 Å². The molecule has 1 aliphatic heterocycles. The molecule has 27 heavy (non-hydrogen) atoms. The number of carbonyl (C=O) groups excluding carboxylic acids is 1. The third-order valence-corrected chi connectivity index (χ3v) is 5.90. The fourth-order valence-electron chi connectivity index (χ4n) is 3.54. The summed E-state index contributed by atoms with van der Waals surface area (Å²) in [6.45, 7) is 6.98. The number of aromatic nitrogens is 2. The molecule has 8 heteroatoms. The predicted octanol–water partition coefficient (Wildman–Crippen LogP) is 3.62. The summed E-state index contributed by atoms with van der Waals surface area (Å²) in [7, 11) is 0. The fraction of sp³-hybridized carbons (Fsp3) is 0.368. The lowest BCUT2D eigenvalue weighted by Gasteiger charge is -2.08. The van der Waals surface area contributed by atoms with Crippen molar-refractivity contribution in [3.05, 3.63) is 29.2 Å². The Morgan fingerprint density at radius 1 is 1.41 bits per heavy atom. The third kappa shape index (κ3) is 3.15. The number of thiazole rings is 1. The highest BCUT2D eigenvalue weighted by Crippen LogP contribution is 2.36. The molecule has 3 aromatic rings. The van der Waals surface area contributed by atoms with Gasteiger partial charge in [0.1, 0.15) is 5.76 Å². The van der Waals surface area contributed by atoms with Crippen LogP contribution >= 0.6 is 11.3 Å². The normalized spacial score (nSPS) is 16.7. The molecule has 0 saturated carbocycles. The van der Waals surface area contributed by atoms with Crippen molar-refractivity contribution in [1.82, 2.24) is 15.0 Å². The van der Waals surface area contributed by atoms with Gasteiger partial charge in [0.15, 0.2) is 11.3 Å². The Kier molecular flexibility index (Phi) is 4.32. The summed E-state index contributed by atoms with van der Waals surface area (Å²) in [4.78, 5) is 18.6. The van der Waals surface area contributed by atoms with Crippen LogP contribution in [0.25, 0.3) is 21.3 Å². The monoisotopic (exact) mass is 381 g/mol. The molecule has 138 valence electrons. The second-order valence-corrected chi connectivity index (χ2v) is 7.90. The van der Waals surface area contributed by atoms with Gasteiger partial charge in [0.05, 0.1) is 21.8 Å². The number of benzene rings is 1. The van der Waals surface area contributed by atoms with E-state index in [0.717, 1.165) is 38.4 Å². The van der Waals surface area contributed by atoms with Crippen LogP contribution in [-0.4, -0.2) is 34.0 Å². The maximum Gasteiger partial charge on any atom is 0.231 e. The van der Waals surface area contributed by atoms with Crippen molar-refractivity contribution in [2.24, 2.45) is 5.92 Å². The van der Waals surface area contributed by atoms with Gasteiger partial charge in [-0.1, -0.05) is 16.5 Å². The number of carbonyl (C=O) groups is 1. The minimum Gasteiger partial charge on any atom is -0.361 e. The fourth-order valence-corrected chi connectivity index (χ4v) is 4.43. The molecule has 0 spiro atoms. The molecule has 1 atom stereocenters. The highest BCUT2D eigenvalue weighted by atomic mass is 32.1. The van der Waals surface area contributed by atoms with Crippen LogP contribution in [0.15, 0.2) is 16.7 Å². The van der Waals surface area contributed by atoms with Gasteiger partial charge in [0, 0.05) is 18.7 Å². The summed E-state index contributed by atoms with van der Waals surface area (Å²) in [5, 5.41) is 16.5. The van der Waals surface area contributed by atoms with E-state index in [4.69, 9.17) is 9.78 Å². The van der Waals surface area contributed by atoms with Gasteiger partial charge < -0.3 is 14.7 Å². The van der Waals surface area contributed by atoms with Crippen LogP contribution in [0.2, 0.25) is 0 Å². The number of aryl methyl sites for hydroxylation is 3. The number of nitrogens with one attached hydrogen (secondary N) is 1. The number of hydrogen-bond donors (Lipinski definition) is 1. The van der Waals surface area contributed by atoms with Crippen LogP contribution in [-0.2, 0) is 4.79 Å². The van der Waals surface area contributed by atoms with E-state index in [1.54, 1.807) is 4.90 Å². The maximum atomic E-state index is 12.5. The summed E-state index contributed by atoms with van der Waals surface area (Å²) >= 11 is 1.45. The van der Waals surface area contributed by atoms with E-state index in [9.17, 15) is 4.79 Å². The van der Waals surface area contributed by atoms with E-state index < -0.39 is 0 Å². The van der Waals surface area contributed by atoms with Crippen LogP contribution in [0.5, 0.6) is 0 Å². The lowest BCUT2D eigenvalue weighted by Crippen LogP contribution is -2.25. The van der Waals surface area contributed by atoms with Crippen molar-refractivity contribution in [3.8, 4) is 17.3 Å². The van der Waals surface area contributed by atoms with Gasteiger partial charge in [-0.2, -0.15) is 5.26 Å². The van der Waals surface area contributed by atoms with Crippen molar-refractivity contribution < 1.29 is 9.32 Å². The lowest BCUT2D eigenvalue weighted by atomic mass is 9.99. The standard InChI is InChI=1S/C19H19N5O2S/c1-10-6-15-16(7-14(10)17-11(2)23-26-12(17)3)27-19(21-15)22-18(25)13-4-5-24(8-13)9-20/h6-7,13H,4-5,8H2,1-3H3,(H,21,22,25)/t13-/m0/s1. The number of nitrogens with zero attached hydrogens (tertiary/aromatic N) is 4. The Balaban J connectivity index is 1.62. The predicted molar refractivity (Wildman–Crippen MR) is 103 cm³/mol. The molecule has 4 rings (SSSR count). The Morgan fingerprint density at radius 2 is 2.22 bits per heavy atom. The molecular weight excluding hydrogens is 362 g/mol. The highest BCUT2D eigenvalue weighted by Gasteiger charge is 2.28. The van der Waals surface area contributed by atoms with Gasteiger partial charge in [-0.15, -0.1) is 0 Å². The van der Waals surface area contributed by atoms with Crippen molar-refractivity contribution in [2.45, 2.75) is 27.2 Å². The first-order valence-electron chi connectivity index (χ1n) is 8.76. The Labute approximate surface area is 160 Å². The summed E-state index contributed by atoms with van der Waals surface area (Å²) in [5.41, 5.74) is 4.88. The second-order valence-electron chi connectivity index (χ2n) is 6.87. The van der Waals surface area contributed by atoms with Crippen LogP contribution in [0, 0.1) is 38.1 Å². The molecule has 0 unspecified atom stereocenters. The number of likely N-dealkylation sites (tertiary alicyclic amines) is 1. The molecule has 1 aromatic carbocycles. The topological polar surface area (TPSA) is 95.1 Å². The number of rotatable bonds is 3. The molecule has 0 aliphatic carbocycles. The minimum absolute atomic E-state index is 0.0746. The summed E-state index contributed by atoms with van der Waals surface area (Å²) in [5.74, 6) is 0.544. The Bertz CT molecular complexity index is 1060. The molecule has 0 bridgehead atoms. The molecule has 7 nitrogen and oxygen atoms in total. The van der Waals surface area contributed by atoms with E-state index in [1.807, 2.05) is 26.8 Å². The van der Waals surface area contributed by atoms with E-state index in [0.29, 0.717) is 24.6 Å². The Hall–Kier alpha value is -2.92. The molecule has 3 heterocycles. The molecule has 1 aliphatic rings. The van der Waals surface area contributed by atoms with E-state index >= 15 is 0 Å². The van der Waals surface area contributed by atoms with Crippen LogP contribution in [0.3, 0.4) is 0 Å². The first-order chi connectivity index (χ1) is 13.0. The van der Waals surface area contributed by atoms with E-state index in [1.165, 1.54) is 11.3 Å². The van der Waals surface area contributed by atoms with Gasteiger partial charge >= 0.3 is 0 Å². The van der Waals surface area contributed by atoms with Crippen LogP contribution in [0.4, 0.5) is 5.13 Å². The Morgan fingerprint density at radius 3 is 2.89 bits per heavy atom. The van der Waals surface area contributed by atoms with Crippen molar-refractivity contribution in [1.29, 1.82) is 5.26 Å². The molecule has 1 saturated heterocycles. The molecule has 1 N–H and O–H groups in total. The number of anilines is 1. The third-order valence-electron chi connectivity index (χ3n) is 4.97. The van der Waals surface area contributed by atoms with Crippen molar-refractivity contribution in [3.63, 3.8) is 0 Å². The zero-order chi connectivity index (χ0) is 19.1. The van der Waals surface area contributed by atoms with Crippen molar-refractivity contribution in [2.75, 3.05) is 18.4 Å². The van der Waals surface area contributed by atoms with E-state index in [-0.39, 0.29) is 11.8 Å². The summed E-state index contributed by atoms with van der Waals surface area (Å²) in [6.07, 6.45) is 2.79. The largest absolute Gasteiger partial charge is 0.361 e. The zero-order valence-electron chi connectivity index (χ0n) is 15.4. The summed E-state index contributed by atoms with van der Waals surface area (Å²) in [6, 6.07) is 4.10. The molecule has 1 amide bonds. The lowest BCUT2D eigenvalue weighted by molar-refractivity contribution is -0.119. The average molecular weight is 381 g/mol. The first-order valence-corrected chi connectivity index (χ1v) is 9.58. The van der Waals surface area contributed by atoms with Gasteiger partial charge in [-0.3, -0.25) is 4.79 Å². The maximum absolute atomic E-state index is 12.5. The summed E-state index contributed by atoms with van der Waals surface area (Å²) < 4.78 is 6.30. The smallest absolute Gasteiger partial charge is 0.231 e. The molecule has 2 aromatic heterocycles. The first kappa shape index (κ1) is 17.5. The number of fused-ring (bicyclic) bond motifs is 1. The molecule has 1 fully saturated rings. The van der Waals surface area contributed by atoms with Crippen molar-refractivity contribution >= 4 is 32.6 Å². The highest BCUT2D eigenvalue weighted by molar-refractivity contribution is 7.22. The average Bonchev–Trinajstić information content (AvgIpc) is 3.33. The van der Waals surface area contributed by atoms with Gasteiger partial charge in [0.25, 0.3) is 0 Å². The number of hydrogen-bond acceptors (Lipinski definition) is 7. The van der Waals surface area contributed by atoms with Crippen LogP contribution in [0.1, 0.15) is 23.4 Å². The van der Waals surface area contributed by atoms with E-state index in [2.05, 4.69) is 27.7 Å². The molecular formula is C19H19N5O2S. The SMILES string of the molecule is Cc1cc2nc(NC(=O)[C@H]3CCN(C#N)C3)sc2cc1-c1c(C)noc1C. The quantitative estimate of drug-likeness (QED) is 0.696. The number of nitriles is 1. The van der Waals surface area contributed by atoms with Crippen LogP contribution < -0.4 is 5.32 Å².